The summed E-state index contributed by atoms with van der Waals surface area (Å²) in [4.78, 5) is 10.5. The van der Waals surface area contributed by atoms with Gasteiger partial charge in [-0.1, -0.05) is 0 Å². The first-order valence-electron chi connectivity index (χ1n) is 2.69. The van der Waals surface area contributed by atoms with Gasteiger partial charge in [-0.05, 0) is 0 Å². The Morgan fingerprint density at radius 1 is 1.88 bits per heavy atom. The molecule has 0 amide bonds. The lowest BCUT2D eigenvalue weighted by atomic mass is 10.2. The standard InChI is InChI=1S/C5H9NOS/c7-5-1-4(3-8)6-2-5/h4,6,8H,1-3H2. The Kier molecular flexibility index (Phi) is 1.91. The molecule has 0 aliphatic carbocycles. The van der Waals surface area contributed by atoms with Crippen molar-refractivity contribution in [2.75, 3.05) is 12.3 Å². The van der Waals surface area contributed by atoms with Crippen LogP contribution in [0.4, 0.5) is 0 Å². The van der Waals surface area contributed by atoms with Crippen molar-refractivity contribution in [2.24, 2.45) is 0 Å². The average Bonchev–Trinajstić information content (AvgIpc) is 2.14. The maximum Gasteiger partial charge on any atom is 0.148 e. The van der Waals surface area contributed by atoms with Gasteiger partial charge in [-0.15, -0.1) is 0 Å². The van der Waals surface area contributed by atoms with E-state index < -0.39 is 0 Å². The third-order valence-electron chi connectivity index (χ3n) is 1.28. The second-order valence-corrected chi connectivity index (χ2v) is 2.37. The third kappa shape index (κ3) is 1.23. The predicted molar refractivity (Wildman–Crippen MR) is 35.3 cm³/mol. The van der Waals surface area contributed by atoms with Crippen molar-refractivity contribution < 1.29 is 4.79 Å². The molecule has 3 heteroatoms. The molecule has 1 rings (SSSR count). The van der Waals surface area contributed by atoms with Crippen molar-refractivity contribution >= 4 is 18.4 Å². The zero-order chi connectivity index (χ0) is 5.98. The summed E-state index contributed by atoms with van der Waals surface area (Å²) in [5.74, 6) is 1.08. The Morgan fingerprint density at radius 3 is 2.88 bits per heavy atom. The van der Waals surface area contributed by atoms with Crippen molar-refractivity contribution in [2.45, 2.75) is 12.5 Å². The fourth-order valence-corrected chi connectivity index (χ4v) is 1.06. The van der Waals surface area contributed by atoms with Gasteiger partial charge in [0, 0.05) is 18.2 Å². The molecular formula is C5H9NOS. The molecule has 1 atom stereocenters. The predicted octanol–water partition coefficient (Wildman–Crippen LogP) is -0.153. The van der Waals surface area contributed by atoms with E-state index in [2.05, 4.69) is 17.9 Å². The molecule has 46 valence electrons. The van der Waals surface area contributed by atoms with E-state index in [1.807, 2.05) is 0 Å². The fourth-order valence-electron chi connectivity index (χ4n) is 0.806. The van der Waals surface area contributed by atoms with Gasteiger partial charge in [0.15, 0.2) is 0 Å². The van der Waals surface area contributed by atoms with E-state index in [-0.39, 0.29) is 0 Å². The monoisotopic (exact) mass is 131 g/mol. The summed E-state index contributed by atoms with van der Waals surface area (Å²) < 4.78 is 0. The largest absolute Gasteiger partial charge is 0.306 e. The Morgan fingerprint density at radius 2 is 2.62 bits per heavy atom. The van der Waals surface area contributed by atoms with Crippen LogP contribution < -0.4 is 5.32 Å². The quantitative estimate of drug-likeness (QED) is 0.484. The summed E-state index contributed by atoms with van der Waals surface area (Å²) in [6.45, 7) is 0.547. The molecule has 0 bridgehead atoms. The number of Topliss-reactive ketones (excluding diaryl/α,β-unsaturated/α-hetero) is 1. The van der Waals surface area contributed by atoms with Crippen molar-refractivity contribution in [3.63, 3.8) is 0 Å². The van der Waals surface area contributed by atoms with Gasteiger partial charge in [-0.25, -0.2) is 0 Å². The van der Waals surface area contributed by atoms with Gasteiger partial charge in [0.05, 0.1) is 6.54 Å². The summed E-state index contributed by atoms with van der Waals surface area (Å²) in [6.07, 6.45) is 0.670. The van der Waals surface area contributed by atoms with Crippen LogP contribution in [0.25, 0.3) is 0 Å². The Bertz CT molecular complexity index is 105. The zero-order valence-corrected chi connectivity index (χ0v) is 5.45. The number of rotatable bonds is 1. The molecule has 1 unspecified atom stereocenters. The van der Waals surface area contributed by atoms with Crippen molar-refractivity contribution in [1.29, 1.82) is 0 Å². The molecule has 1 aliphatic rings. The maximum atomic E-state index is 10.5. The van der Waals surface area contributed by atoms with E-state index >= 15 is 0 Å². The molecule has 1 aliphatic heterocycles. The van der Waals surface area contributed by atoms with E-state index in [4.69, 9.17) is 0 Å². The highest BCUT2D eigenvalue weighted by Gasteiger charge is 2.18. The van der Waals surface area contributed by atoms with Gasteiger partial charge >= 0.3 is 0 Å². The lowest BCUT2D eigenvalue weighted by Crippen LogP contribution is -2.22. The van der Waals surface area contributed by atoms with Crippen LogP contribution in [-0.4, -0.2) is 24.1 Å². The number of carbonyl (C=O) groups excluding carboxylic acids is 1. The minimum Gasteiger partial charge on any atom is -0.306 e. The van der Waals surface area contributed by atoms with Crippen LogP contribution in [0, 0.1) is 0 Å². The first kappa shape index (κ1) is 6.11. The van der Waals surface area contributed by atoms with Crippen LogP contribution in [0.2, 0.25) is 0 Å². The second-order valence-electron chi connectivity index (χ2n) is 2.00. The molecule has 1 heterocycles. The molecular weight excluding hydrogens is 122 g/mol. The van der Waals surface area contributed by atoms with Gasteiger partial charge < -0.3 is 5.32 Å². The topological polar surface area (TPSA) is 29.1 Å². The smallest absolute Gasteiger partial charge is 0.148 e. The Balaban J connectivity index is 2.32. The van der Waals surface area contributed by atoms with E-state index in [1.54, 1.807) is 0 Å². The molecule has 1 saturated heterocycles. The first-order chi connectivity index (χ1) is 3.83. The molecule has 1 fully saturated rings. The molecule has 1 N–H and O–H groups in total. The van der Waals surface area contributed by atoms with Crippen LogP contribution in [0.15, 0.2) is 0 Å². The van der Waals surface area contributed by atoms with Gasteiger partial charge in [0.2, 0.25) is 0 Å². The molecule has 0 aromatic carbocycles. The van der Waals surface area contributed by atoms with Crippen LogP contribution >= 0.6 is 12.6 Å². The SMILES string of the molecule is O=C1CNC(CS)C1. The van der Waals surface area contributed by atoms with Crippen molar-refractivity contribution in [3.05, 3.63) is 0 Å². The van der Waals surface area contributed by atoms with E-state index in [0.717, 1.165) is 5.75 Å². The van der Waals surface area contributed by atoms with Crippen LogP contribution in [0.5, 0.6) is 0 Å². The lowest BCUT2D eigenvalue weighted by Gasteiger charge is -2.00. The zero-order valence-electron chi connectivity index (χ0n) is 4.55. The number of nitrogens with one attached hydrogen (secondary N) is 1. The average molecular weight is 131 g/mol. The molecule has 2 nitrogen and oxygen atoms in total. The van der Waals surface area contributed by atoms with E-state index in [1.165, 1.54) is 0 Å². The normalized spacial score (nSPS) is 29.1. The van der Waals surface area contributed by atoms with Crippen LogP contribution in [0.1, 0.15) is 6.42 Å². The Labute approximate surface area is 54.1 Å². The highest BCUT2D eigenvalue weighted by Crippen LogP contribution is 2.01. The first-order valence-corrected chi connectivity index (χ1v) is 3.32. The minimum absolute atomic E-state index is 0.309. The van der Waals surface area contributed by atoms with E-state index in [0.29, 0.717) is 24.8 Å². The van der Waals surface area contributed by atoms with Crippen LogP contribution in [0.3, 0.4) is 0 Å². The summed E-state index contributed by atoms with van der Waals surface area (Å²) >= 11 is 4.04. The van der Waals surface area contributed by atoms with Gasteiger partial charge in [0.25, 0.3) is 0 Å². The van der Waals surface area contributed by atoms with Gasteiger partial charge in [-0.3, -0.25) is 4.79 Å². The minimum atomic E-state index is 0.309. The Hall–Kier alpha value is -0.0200. The van der Waals surface area contributed by atoms with Crippen LogP contribution in [-0.2, 0) is 4.79 Å². The summed E-state index contributed by atoms with van der Waals surface area (Å²) in [5.41, 5.74) is 0. The number of ketones is 1. The van der Waals surface area contributed by atoms with Crippen molar-refractivity contribution in [3.8, 4) is 0 Å². The number of hydrogen-bond donors (Lipinski definition) is 2. The van der Waals surface area contributed by atoms with Gasteiger partial charge in [0.1, 0.15) is 5.78 Å². The number of carbonyl (C=O) groups is 1. The highest BCUT2D eigenvalue weighted by molar-refractivity contribution is 7.80. The molecule has 8 heavy (non-hydrogen) atoms. The summed E-state index contributed by atoms with van der Waals surface area (Å²) in [6, 6.07) is 0.339. The second kappa shape index (κ2) is 2.51. The fraction of sp³-hybridized carbons (Fsp3) is 0.800. The summed E-state index contributed by atoms with van der Waals surface area (Å²) in [7, 11) is 0. The molecule has 0 aromatic rings. The number of thiol groups is 1. The van der Waals surface area contributed by atoms with E-state index in [9.17, 15) is 4.79 Å². The molecule has 0 aromatic heterocycles. The highest BCUT2D eigenvalue weighted by atomic mass is 32.1. The lowest BCUT2D eigenvalue weighted by molar-refractivity contribution is -0.116. The van der Waals surface area contributed by atoms with Gasteiger partial charge in [-0.2, -0.15) is 12.6 Å². The molecule has 0 radical (unpaired) electrons. The molecule has 0 saturated carbocycles. The summed E-state index contributed by atoms with van der Waals surface area (Å²) in [5, 5.41) is 3.03. The maximum absolute atomic E-state index is 10.5. The third-order valence-corrected chi connectivity index (χ3v) is 1.72. The number of hydrogen-bond acceptors (Lipinski definition) is 3. The molecule has 0 spiro atoms. The van der Waals surface area contributed by atoms with Crippen molar-refractivity contribution in [1.82, 2.24) is 5.32 Å².